The van der Waals surface area contributed by atoms with E-state index in [1.807, 2.05) is 36.5 Å². The number of benzene rings is 2. The lowest BCUT2D eigenvalue weighted by Crippen LogP contribution is -2.41. The first-order valence-corrected chi connectivity index (χ1v) is 9.34. The minimum atomic E-state index is -0.170. The maximum atomic E-state index is 12.9. The van der Waals surface area contributed by atoms with E-state index in [1.54, 1.807) is 22.9 Å². The van der Waals surface area contributed by atoms with Crippen molar-refractivity contribution in [1.82, 2.24) is 14.7 Å². The van der Waals surface area contributed by atoms with E-state index in [0.717, 1.165) is 11.1 Å². The second-order valence-electron chi connectivity index (χ2n) is 6.64. The Balaban J connectivity index is 1.60. The highest BCUT2D eigenvalue weighted by Gasteiger charge is 2.29. The lowest BCUT2D eigenvalue weighted by molar-refractivity contribution is 0.203. The molecule has 4 rings (SSSR count). The molecule has 5 nitrogen and oxygen atoms in total. The monoisotopic (exact) mass is 400 g/mol. The second-order valence-corrected chi connectivity index (χ2v) is 7.45. The van der Waals surface area contributed by atoms with Gasteiger partial charge in [-0.1, -0.05) is 47.5 Å². The van der Waals surface area contributed by atoms with E-state index >= 15 is 0 Å². The summed E-state index contributed by atoms with van der Waals surface area (Å²) in [6.45, 7) is 1.13. The van der Waals surface area contributed by atoms with Crippen molar-refractivity contribution >= 4 is 34.9 Å². The highest BCUT2D eigenvalue weighted by atomic mass is 35.5. The SMILES string of the molecule is Cn1cc(C2CN(C(=O)Nc3ccc(Cl)c(Cl)c3)Cc3ccccc32)cn1. The average Bonchev–Trinajstić information content (AvgIpc) is 3.10. The molecule has 1 aliphatic rings. The van der Waals surface area contributed by atoms with Gasteiger partial charge in [-0.2, -0.15) is 5.10 Å². The second kappa shape index (κ2) is 7.25. The van der Waals surface area contributed by atoms with Crippen molar-refractivity contribution in [3.05, 3.63) is 81.6 Å². The van der Waals surface area contributed by atoms with Gasteiger partial charge in [-0.15, -0.1) is 0 Å². The molecule has 0 saturated heterocycles. The van der Waals surface area contributed by atoms with Gasteiger partial charge in [-0.05, 0) is 34.9 Å². The molecule has 1 atom stereocenters. The van der Waals surface area contributed by atoms with Crippen molar-refractivity contribution in [2.45, 2.75) is 12.5 Å². The van der Waals surface area contributed by atoms with Gasteiger partial charge in [-0.3, -0.25) is 4.68 Å². The maximum Gasteiger partial charge on any atom is 0.322 e. The van der Waals surface area contributed by atoms with Crippen LogP contribution in [-0.2, 0) is 13.6 Å². The Morgan fingerprint density at radius 3 is 2.74 bits per heavy atom. The summed E-state index contributed by atoms with van der Waals surface area (Å²) in [6.07, 6.45) is 3.86. The van der Waals surface area contributed by atoms with Gasteiger partial charge in [0.1, 0.15) is 0 Å². The van der Waals surface area contributed by atoms with Crippen LogP contribution in [0.1, 0.15) is 22.6 Å². The summed E-state index contributed by atoms with van der Waals surface area (Å²) in [5, 5.41) is 8.07. The predicted molar refractivity (Wildman–Crippen MR) is 107 cm³/mol. The van der Waals surface area contributed by atoms with E-state index in [2.05, 4.69) is 22.5 Å². The average molecular weight is 401 g/mol. The third kappa shape index (κ3) is 3.66. The van der Waals surface area contributed by atoms with Gasteiger partial charge in [0.15, 0.2) is 0 Å². The molecular weight excluding hydrogens is 383 g/mol. The van der Waals surface area contributed by atoms with Crippen LogP contribution in [0.15, 0.2) is 54.9 Å². The molecule has 0 fully saturated rings. The van der Waals surface area contributed by atoms with Gasteiger partial charge < -0.3 is 10.2 Å². The number of halogens is 2. The molecule has 1 N–H and O–H groups in total. The molecule has 2 aromatic carbocycles. The number of aromatic nitrogens is 2. The van der Waals surface area contributed by atoms with E-state index < -0.39 is 0 Å². The molecule has 27 heavy (non-hydrogen) atoms. The molecule has 2 amide bonds. The summed E-state index contributed by atoms with van der Waals surface area (Å²) in [5.41, 5.74) is 4.09. The molecule has 1 aromatic heterocycles. The number of rotatable bonds is 2. The third-order valence-corrected chi connectivity index (χ3v) is 5.52. The molecule has 7 heteroatoms. The van der Waals surface area contributed by atoms with Crippen molar-refractivity contribution in [3.8, 4) is 0 Å². The Morgan fingerprint density at radius 2 is 2.00 bits per heavy atom. The summed E-state index contributed by atoms with van der Waals surface area (Å²) in [7, 11) is 1.90. The van der Waals surface area contributed by atoms with Crippen molar-refractivity contribution in [1.29, 1.82) is 0 Å². The molecule has 1 aliphatic heterocycles. The maximum absolute atomic E-state index is 12.9. The topological polar surface area (TPSA) is 50.2 Å². The summed E-state index contributed by atoms with van der Waals surface area (Å²) in [5.74, 6) is 0.0863. The summed E-state index contributed by atoms with van der Waals surface area (Å²) in [6, 6.07) is 13.1. The van der Waals surface area contributed by atoms with Gasteiger partial charge >= 0.3 is 6.03 Å². The highest BCUT2D eigenvalue weighted by molar-refractivity contribution is 6.42. The molecule has 0 saturated carbocycles. The molecule has 0 aliphatic carbocycles. The van der Waals surface area contributed by atoms with E-state index in [9.17, 15) is 4.79 Å². The van der Waals surface area contributed by atoms with Crippen molar-refractivity contribution in [3.63, 3.8) is 0 Å². The summed E-state index contributed by atoms with van der Waals surface area (Å²) < 4.78 is 1.78. The van der Waals surface area contributed by atoms with Crippen LogP contribution in [-0.4, -0.2) is 27.3 Å². The number of nitrogens with zero attached hydrogens (tertiary/aromatic N) is 3. The minimum Gasteiger partial charge on any atom is -0.319 e. The van der Waals surface area contributed by atoms with E-state index in [0.29, 0.717) is 28.8 Å². The van der Waals surface area contributed by atoms with E-state index in [-0.39, 0.29) is 11.9 Å². The highest BCUT2D eigenvalue weighted by Crippen LogP contribution is 2.33. The number of carbonyl (C=O) groups excluding carboxylic acids is 1. The van der Waals surface area contributed by atoms with Gasteiger partial charge in [0.05, 0.1) is 16.2 Å². The minimum absolute atomic E-state index is 0.0863. The largest absolute Gasteiger partial charge is 0.322 e. The van der Waals surface area contributed by atoms with Gasteiger partial charge in [0, 0.05) is 37.9 Å². The van der Waals surface area contributed by atoms with Crippen LogP contribution < -0.4 is 5.32 Å². The fourth-order valence-electron chi connectivity index (χ4n) is 3.44. The van der Waals surface area contributed by atoms with Crippen LogP contribution in [0.4, 0.5) is 10.5 Å². The molecule has 0 bridgehead atoms. The van der Waals surface area contributed by atoms with Gasteiger partial charge in [0.2, 0.25) is 0 Å². The Bertz CT molecular complexity index is 1000. The summed E-state index contributed by atoms with van der Waals surface area (Å²) in [4.78, 5) is 14.7. The lowest BCUT2D eigenvalue weighted by atomic mass is 9.86. The van der Waals surface area contributed by atoms with Crippen LogP contribution in [0.2, 0.25) is 10.0 Å². The zero-order valence-corrected chi connectivity index (χ0v) is 16.2. The fraction of sp³-hybridized carbons (Fsp3) is 0.200. The van der Waals surface area contributed by atoms with Gasteiger partial charge in [-0.25, -0.2) is 4.79 Å². The quantitative estimate of drug-likeness (QED) is 0.664. The molecule has 1 unspecified atom stereocenters. The molecule has 2 heterocycles. The molecule has 0 spiro atoms. The number of nitrogens with one attached hydrogen (secondary N) is 1. The Labute approximate surface area is 167 Å². The van der Waals surface area contributed by atoms with E-state index in [1.165, 1.54) is 5.56 Å². The summed E-state index contributed by atoms with van der Waals surface area (Å²) >= 11 is 12.0. The first kappa shape index (κ1) is 17.9. The molecule has 138 valence electrons. The first-order chi connectivity index (χ1) is 13.0. The molecule has 3 aromatic rings. The van der Waals surface area contributed by atoms with E-state index in [4.69, 9.17) is 23.2 Å². The number of hydrogen-bond acceptors (Lipinski definition) is 2. The van der Waals surface area contributed by atoms with Crippen LogP contribution in [0.25, 0.3) is 0 Å². The Hall–Kier alpha value is -2.50. The van der Waals surface area contributed by atoms with Gasteiger partial charge in [0.25, 0.3) is 0 Å². The Kier molecular flexibility index (Phi) is 4.81. The van der Waals surface area contributed by atoms with Crippen molar-refractivity contribution in [2.24, 2.45) is 7.05 Å². The standard InChI is InChI=1S/C20H18Cl2N4O/c1-25-10-14(9-23-25)17-12-26(11-13-4-2-3-5-16(13)17)20(27)24-15-6-7-18(21)19(22)8-15/h2-10,17H,11-12H2,1H3,(H,24,27). The molecule has 0 radical (unpaired) electrons. The van der Waals surface area contributed by atoms with Crippen LogP contribution >= 0.6 is 23.2 Å². The van der Waals surface area contributed by atoms with Crippen LogP contribution in [0, 0.1) is 0 Å². The first-order valence-electron chi connectivity index (χ1n) is 8.58. The number of aryl methyl sites for hydroxylation is 1. The van der Waals surface area contributed by atoms with Crippen LogP contribution in [0.3, 0.4) is 0 Å². The third-order valence-electron chi connectivity index (χ3n) is 4.78. The fourth-order valence-corrected chi connectivity index (χ4v) is 3.74. The number of carbonyl (C=O) groups is 1. The Morgan fingerprint density at radius 1 is 1.19 bits per heavy atom. The van der Waals surface area contributed by atoms with Crippen molar-refractivity contribution < 1.29 is 4.79 Å². The zero-order chi connectivity index (χ0) is 19.0. The molecular formula is C20H18Cl2N4O. The number of anilines is 1. The lowest BCUT2D eigenvalue weighted by Gasteiger charge is -2.34. The predicted octanol–water partition coefficient (Wildman–Crippen LogP) is 4.91. The normalized spacial score (nSPS) is 16.1. The number of amides is 2. The van der Waals surface area contributed by atoms with Crippen molar-refractivity contribution in [2.75, 3.05) is 11.9 Å². The smallest absolute Gasteiger partial charge is 0.319 e. The number of fused-ring (bicyclic) bond motifs is 1. The zero-order valence-electron chi connectivity index (χ0n) is 14.7. The number of hydrogen-bond donors (Lipinski definition) is 1. The number of urea groups is 1. The van der Waals surface area contributed by atoms with Crippen LogP contribution in [0.5, 0.6) is 0 Å².